The Hall–Kier alpha value is -8.75. The van der Waals surface area contributed by atoms with Crippen molar-refractivity contribution in [1.29, 1.82) is 0 Å². The van der Waals surface area contributed by atoms with Gasteiger partial charge in [0.25, 0.3) is 6.47 Å². The van der Waals surface area contributed by atoms with Crippen LogP contribution < -0.4 is 28.2 Å². The molecule has 6 heterocycles. The summed E-state index contributed by atoms with van der Waals surface area (Å²) in [5.41, 5.74) is 21.9. The Bertz CT molecular complexity index is 4700. The van der Waals surface area contributed by atoms with Crippen molar-refractivity contribution in [2.45, 2.75) is 0 Å². The lowest BCUT2D eigenvalue weighted by Gasteiger charge is -2.08. The summed E-state index contributed by atoms with van der Waals surface area (Å²) in [4.78, 5) is 41.1. The van der Waals surface area contributed by atoms with Crippen molar-refractivity contribution in [3.8, 4) is 44.5 Å². The van der Waals surface area contributed by atoms with Crippen LogP contribution in [0.1, 0.15) is 0 Å². The van der Waals surface area contributed by atoms with Gasteiger partial charge in [-0.1, -0.05) is 174 Å². The van der Waals surface area contributed by atoms with Crippen molar-refractivity contribution >= 4 is 214 Å². The molecule has 0 atom stereocenters. The summed E-state index contributed by atoms with van der Waals surface area (Å²) in [5, 5.41) is 37.2. The molecule has 0 fully saturated rings. The molecule has 0 aliphatic carbocycles. The van der Waals surface area contributed by atoms with Crippen LogP contribution >= 0.6 is 144 Å². The SMILES string of the molecule is O=CO.OB(O)c1ccc(Cl)cc1Cl.[C-]#[N+]c1cc(Cl)ncc1-c1ccc(Cl)cc1Cl.[C-]#[N+]c1cc(N)ncc1-c1ccc(Cl)cc1Cl.[C-]#[N+]c1cc(N)ncc1Br.[C-]#[N+]c1cc(NN)ncc1-c1ccc(Cl)cc1Cl.[C-]#[N+]c1cc2nncn2cc1-c1ccc(Cl)cc1Cl. The van der Waals surface area contributed by atoms with Crippen molar-refractivity contribution in [2.75, 3.05) is 16.9 Å². The number of carbonyl (C=O) groups is 1. The normalized spacial score (nSPS) is 9.75. The van der Waals surface area contributed by atoms with Gasteiger partial charge in [0.2, 0.25) is 5.69 Å². The van der Waals surface area contributed by atoms with Gasteiger partial charge in [-0.05, 0) is 113 Å². The number of fused-ring (bicyclic) bond motifs is 1. The van der Waals surface area contributed by atoms with Crippen LogP contribution in [0.5, 0.6) is 0 Å². The maximum atomic E-state index is 8.72. The number of halogens is 12. The van der Waals surface area contributed by atoms with Gasteiger partial charge >= 0.3 is 7.12 Å². The minimum absolute atomic E-state index is 0.250. The Morgan fingerprint density at radius 2 is 0.842 bits per heavy atom. The fraction of sp³-hybridized carbons (Fsp3) is 0. The molecule has 6 aromatic heterocycles. The Morgan fingerprint density at radius 1 is 0.474 bits per heavy atom. The molecule has 11 aromatic rings. The Morgan fingerprint density at radius 3 is 1.25 bits per heavy atom. The molecule has 20 nitrogen and oxygen atoms in total. The van der Waals surface area contributed by atoms with Crippen molar-refractivity contribution in [2.24, 2.45) is 5.84 Å². The summed E-state index contributed by atoms with van der Waals surface area (Å²) in [6.45, 7) is 35.1. The molecule has 0 aliphatic rings. The zero-order chi connectivity index (χ0) is 70.1. The molecule has 5 aromatic carbocycles. The van der Waals surface area contributed by atoms with Crippen LogP contribution in [0.3, 0.4) is 0 Å². The first kappa shape index (κ1) is 77.0. The summed E-state index contributed by atoms with van der Waals surface area (Å²) in [6.07, 6.45) is 9.51. The number of hydrazine groups is 1. The van der Waals surface area contributed by atoms with E-state index in [9.17, 15) is 0 Å². The molecule has 0 saturated carbocycles. The van der Waals surface area contributed by atoms with E-state index in [0.717, 1.165) is 16.7 Å². The van der Waals surface area contributed by atoms with Gasteiger partial charge in [0.1, 0.15) is 34.6 Å². The quantitative estimate of drug-likeness (QED) is 0.0204. The van der Waals surface area contributed by atoms with Crippen LogP contribution in [0.4, 0.5) is 45.9 Å². The third kappa shape index (κ3) is 22.4. The second-order valence-corrected chi connectivity index (χ2v) is 23.3. The highest BCUT2D eigenvalue weighted by molar-refractivity contribution is 9.10. The Labute approximate surface area is 606 Å². The smallest absolute Gasteiger partial charge is 0.483 e. The van der Waals surface area contributed by atoms with E-state index in [2.05, 4.69) is 75.7 Å². The molecule has 0 radical (unpaired) electrons. The van der Waals surface area contributed by atoms with E-state index in [-0.39, 0.29) is 22.1 Å². The molecule has 0 unspecified atom stereocenters. The van der Waals surface area contributed by atoms with Gasteiger partial charge in [-0.3, -0.25) is 9.20 Å². The number of carboxylic acid groups (broad SMARTS) is 1. The molecule has 0 aliphatic heterocycles. The van der Waals surface area contributed by atoms with E-state index in [1.54, 1.807) is 114 Å². The first-order valence-electron chi connectivity index (χ1n) is 25.5. The van der Waals surface area contributed by atoms with E-state index in [0.29, 0.717) is 129 Å². The van der Waals surface area contributed by atoms with Crippen LogP contribution in [-0.2, 0) is 4.79 Å². The maximum Gasteiger partial charge on any atom is 0.489 e. The second-order valence-electron chi connectivity index (χ2n) is 17.8. The summed E-state index contributed by atoms with van der Waals surface area (Å²) < 4.78 is 2.42. The van der Waals surface area contributed by atoms with Crippen molar-refractivity contribution in [1.82, 2.24) is 34.5 Å². The number of nitrogens with one attached hydrogen (secondary N) is 1. The highest BCUT2D eigenvalue weighted by Crippen LogP contribution is 2.41. The molecule has 10 N–H and O–H groups in total. The first-order valence-corrected chi connectivity index (χ1v) is 30.5. The average molecular weight is 1550 g/mol. The third-order valence-electron chi connectivity index (χ3n) is 11.8. The van der Waals surface area contributed by atoms with Gasteiger partial charge in [0.05, 0.1) is 32.9 Å². The number of nitrogen functional groups attached to an aromatic ring is 3. The van der Waals surface area contributed by atoms with E-state index >= 15 is 0 Å². The van der Waals surface area contributed by atoms with Crippen molar-refractivity contribution in [3.63, 3.8) is 0 Å². The van der Waals surface area contributed by atoms with Gasteiger partial charge in [0.15, 0.2) is 22.7 Å². The summed E-state index contributed by atoms with van der Waals surface area (Å²) in [6, 6.07) is 32.7. The Balaban J connectivity index is 0.000000207. The largest absolute Gasteiger partial charge is 0.489 e. The van der Waals surface area contributed by atoms with E-state index < -0.39 is 7.12 Å². The van der Waals surface area contributed by atoms with Crippen LogP contribution in [0.15, 0.2) is 163 Å². The lowest BCUT2D eigenvalue weighted by molar-refractivity contribution is -0.122. The molecule has 0 bridgehead atoms. The van der Waals surface area contributed by atoms with Gasteiger partial charge < -0.3 is 32.0 Å². The van der Waals surface area contributed by atoms with Gasteiger partial charge in [0, 0.05) is 113 Å². The highest BCUT2D eigenvalue weighted by Gasteiger charge is 2.17. The minimum Gasteiger partial charge on any atom is -0.483 e. The molecular formula is C62H37BBrCl11N16O4. The number of pyridine rings is 5. The fourth-order valence-corrected chi connectivity index (χ4v) is 10.5. The Kier molecular flexibility index (Phi) is 30.8. The predicted octanol–water partition coefficient (Wildman–Crippen LogP) is 19.9. The minimum atomic E-state index is -1.54. The number of nitrogens with two attached hydrogens (primary N) is 3. The number of hydrogen-bond donors (Lipinski definition) is 7. The van der Waals surface area contributed by atoms with Crippen LogP contribution in [0.2, 0.25) is 55.4 Å². The molecular weight excluding hydrogens is 1510 g/mol. The zero-order valence-corrected chi connectivity index (χ0v) is 57.5. The van der Waals surface area contributed by atoms with Gasteiger partial charge in [-0.15, -0.1) is 10.2 Å². The molecule has 0 amide bonds. The lowest BCUT2D eigenvalue weighted by atomic mass is 9.80. The number of anilines is 3. The standard InChI is InChI=1S/C13H6Cl2N4.C12H5Cl3N2.C12H8Cl2N4.C12H7Cl2N3.C6H5BCl2O2.C6H4BrN3.CH2O2/c1-16-12-5-13-18-17-7-19(13)6-10(12)9-3-2-8(14)4-11(9)15;1-16-11-5-12(15)17-6-9(11)8-3-2-7(13)4-10(8)14;1-16-11-5-12(18-15)17-6-9(11)8-3-2-7(13)4-10(8)14;1-16-11-5-12(15)17-6-9(11)8-3-2-7(13)4-10(8)14;8-4-1-2-5(7(10)11)6(9)3-4;1-9-5-2-6(8)10-3-4(5)7;2-1-3/h2-7H;2-6H;2-6H,15H2,(H,17,18);2-6H,(H2,15,17);1-3,10-11H;2-3H,(H2,8,10);1H,(H,2,3). The summed E-state index contributed by atoms with van der Waals surface area (Å²) in [7, 11) is -1.54. The monoisotopic (exact) mass is 1540 g/mol. The summed E-state index contributed by atoms with van der Waals surface area (Å²) >= 11 is 67.9. The maximum absolute atomic E-state index is 8.72. The van der Waals surface area contributed by atoms with Crippen LogP contribution in [0.25, 0.3) is 74.4 Å². The van der Waals surface area contributed by atoms with Gasteiger partial charge in [-0.25, -0.2) is 50.0 Å². The number of hydrogen-bond acceptors (Lipinski definition) is 13. The first-order chi connectivity index (χ1) is 45.3. The molecule has 0 spiro atoms. The number of aromatic nitrogens is 7. The van der Waals surface area contributed by atoms with Crippen molar-refractivity contribution < 1.29 is 19.9 Å². The summed E-state index contributed by atoms with van der Waals surface area (Å²) in [5.74, 6) is 6.36. The van der Waals surface area contributed by atoms with Gasteiger partial charge in [-0.2, -0.15) is 0 Å². The van der Waals surface area contributed by atoms with E-state index in [4.69, 9.17) is 198 Å². The van der Waals surface area contributed by atoms with Crippen LogP contribution in [-0.4, -0.2) is 63.3 Å². The van der Waals surface area contributed by atoms with Crippen molar-refractivity contribution in [3.05, 3.63) is 276 Å². The predicted molar refractivity (Wildman–Crippen MR) is 387 cm³/mol. The van der Waals surface area contributed by atoms with E-state index in [1.165, 1.54) is 48.9 Å². The third-order valence-corrected chi connectivity index (χ3v) is 15.3. The molecule has 476 valence electrons. The number of rotatable bonds is 6. The van der Waals surface area contributed by atoms with E-state index in [1.807, 2.05) is 0 Å². The van der Waals surface area contributed by atoms with Crippen LogP contribution in [0, 0.1) is 32.9 Å². The topological polar surface area (TPSA) is 271 Å². The second kappa shape index (κ2) is 38.0. The number of benzene rings is 5. The molecule has 0 saturated heterocycles. The molecule has 95 heavy (non-hydrogen) atoms. The highest BCUT2D eigenvalue weighted by atomic mass is 79.9. The molecule has 11 rings (SSSR count). The fourth-order valence-electron chi connectivity index (χ4n) is 7.54. The number of nitrogens with zero attached hydrogens (tertiary/aromatic N) is 12. The molecule has 33 heteroatoms. The average Bonchev–Trinajstić information content (AvgIpc) is 1.80. The lowest BCUT2D eigenvalue weighted by Crippen LogP contribution is -2.30. The zero-order valence-electron chi connectivity index (χ0n) is 47.5.